The van der Waals surface area contributed by atoms with Crippen LogP contribution in [0.15, 0.2) is 60.7 Å². The molecule has 0 aliphatic carbocycles. The molecule has 168 valence electrons. The lowest BCUT2D eigenvalue weighted by atomic mass is 10.1. The Labute approximate surface area is 192 Å². The van der Waals surface area contributed by atoms with E-state index in [-0.39, 0.29) is 12.3 Å². The van der Waals surface area contributed by atoms with Crippen molar-refractivity contribution in [2.75, 3.05) is 12.0 Å². The number of aromatic nitrogens is 1. The van der Waals surface area contributed by atoms with Gasteiger partial charge in [-0.2, -0.15) is 0 Å². The molecule has 0 unspecified atom stereocenters. The molecule has 4 rings (SSSR count). The number of nitrogens with zero attached hydrogens (tertiary/aromatic N) is 2. The summed E-state index contributed by atoms with van der Waals surface area (Å²) in [5.41, 5.74) is 1.13. The zero-order valence-electron chi connectivity index (χ0n) is 17.7. The van der Waals surface area contributed by atoms with Crippen molar-refractivity contribution in [1.82, 2.24) is 4.98 Å². The highest BCUT2D eigenvalue weighted by molar-refractivity contribution is 7.18. The third kappa shape index (κ3) is 4.68. The van der Waals surface area contributed by atoms with Crippen LogP contribution in [0.3, 0.4) is 0 Å². The zero-order valence-corrected chi connectivity index (χ0v) is 18.5. The Bertz CT molecular complexity index is 1320. The second-order valence-corrected chi connectivity index (χ2v) is 8.16. The van der Waals surface area contributed by atoms with E-state index in [1.165, 1.54) is 17.4 Å². The van der Waals surface area contributed by atoms with E-state index in [0.717, 1.165) is 34.5 Å². The molecule has 1 aromatic heterocycles. The number of imide groups is 1. The van der Waals surface area contributed by atoms with Crippen molar-refractivity contribution < 1.29 is 27.8 Å². The van der Waals surface area contributed by atoms with Crippen LogP contribution in [0.5, 0.6) is 5.75 Å². The molecule has 1 heterocycles. The molecule has 33 heavy (non-hydrogen) atoms. The molecule has 0 fully saturated rings. The van der Waals surface area contributed by atoms with Crippen LogP contribution >= 0.6 is 11.3 Å². The van der Waals surface area contributed by atoms with Crippen molar-refractivity contribution in [2.45, 2.75) is 13.5 Å². The number of ether oxygens (including phenoxy) is 2. The number of thiazole rings is 1. The Morgan fingerprint density at radius 2 is 1.85 bits per heavy atom. The smallest absolute Gasteiger partial charge is 0.421 e. The van der Waals surface area contributed by atoms with Gasteiger partial charge in [-0.1, -0.05) is 12.1 Å². The Balaban J connectivity index is 1.58. The Morgan fingerprint density at radius 3 is 2.55 bits per heavy atom. The van der Waals surface area contributed by atoms with Gasteiger partial charge in [0.25, 0.3) is 5.91 Å². The monoisotopic (exact) mass is 468 g/mol. The second-order valence-electron chi connectivity index (χ2n) is 7.05. The number of amides is 2. The molecule has 0 radical (unpaired) electrons. The van der Waals surface area contributed by atoms with Crippen LogP contribution in [0.25, 0.3) is 10.2 Å². The molecular weight excluding hydrogens is 450 g/mol. The number of carbonyl (C=O) groups is 2. The summed E-state index contributed by atoms with van der Waals surface area (Å²) in [7, 11) is 1.11. The summed E-state index contributed by atoms with van der Waals surface area (Å²) in [4.78, 5) is 30.5. The normalized spacial score (nSPS) is 10.8. The fourth-order valence-electron chi connectivity index (χ4n) is 3.26. The molecule has 0 N–H and O–H groups in total. The molecule has 0 bridgehead atoms. The first kappa shape index (κ1) is 22.3. The highest BCUT2D eigenvalue weighted by atomic mass is 32.1. The third-order valence-corrected chi connectivity index (χ3v) is 5.84. The average Bonchev–Trinajstić information content (AvgIpc) is 3.22. The average molecular weight is 468 g/mol. The maximum atomic E-state index is 14.2. The summed E-state index contributed by atoms with van der Waals surface area (Å²) in [6, 6.07) is 15.0. The molecular formula is C24H18F2N2O4S. The van der Waals surface area contributed by atoms with E-state index in [1.54, 1.807) is 19.1 Å². The molecule has 0 aliphatic rings. The maximum Gasteiger partial charge on any atom is 0.421 e. The lowest BCUT2D eigenvalue weighted by molar-refractivity contribution is 0.0971. The van der Waals surface area contributed by atoms with E-state index in [4.69, 9.17) is 9.47 Å². The second kappa shape index (κ2) is 9.33. The van der Waals surface area contributed by atoms with E-state index in [0.29, 0.717) is 22.3 Å². The number of para-hydroxylation sites is 1. The fourth-order valence-corrected chi connectivity index (χ4v) is 4.14. The van der Waals surface area contributed by atoms with Gasteiger partial charge in [0.05, 0.1) is 28.6 Å². The molecule has 2 amide bonds. The summed E-state index contributed by atoms with van der Waals surface area (Å²) in [5.74, 6) is -2.40. The molecule has 0 aliphatic heterocycles. The first-order valence-electron chi connectivity index (χ1n) is 9.82. The highest BCUT2D eigenvalue weighted by Crippen LogP contribution is 2.29. The number of aryl methyl sites for hydroxylation is 1. The number of anilines is 1. The minimum Gasteiger partial charge on any atom is -0.486 e. The number of halogens is 2. The van der Waals surface area contributed by atoms with Crippen LogP contribution < -0.4 is 9.64 Å². The van der Waals surface area contributed by atoms with E-state index >= 15 is 0 Å². The summed E-state index contributed by atoms with van der Waals surface area (Å²) in [6.45, 7) is 1.92. The predicted octanol–water partition coefficient (Wildman–Crippen LogP) is 5.88. The zero-order chi connectivity index (χ0) is 23.5. The lowest BCUT2D eigenvalue weighted by Crippen LogP contribution is -2.38. The Hall–Kier alpha value is -3.85. The number of hydrogen-bond donors (Lipinski definition) is 0. The van der Waals surface area contributed by atoms with Gasteiger partial charge < -0.3 is 9.47 Å². The van der Waals surface area contributed by atoms with Crippen molar-refractivity contribution in [3.8, 4) is 5.75 Å². The predicted molar refractivity (Wildman–Crippen MR) is 121 cm³/mol. The Kier molecular flexibility index (Phi) is 6.32. The fraction of sp³-hybridized carbons (Fsp3) is 0.125. The van der Waals surface area contributed by atoms with Crippen molar-refractivity contribution in [3.63, 3.8) is 0 Å². The first-order valence-corrected chi connectivity index (χ1v) is 10.6. The number of rotatable bonds is 5. The highest BCUT2D eigenvalue weighted by Gasteiger charge is 2.29. The number of methoxy groups -OCH3 is 1. The van der Waals surface area contributed by atoms with Crippen LogP contribution in [0.4, 0.5) is 19.3 Å². The van der Waals surface area contributed by atoms with Crippen molar-refractivity contribution in [2.24, 2.45) is 0 Å². The van der Waals surface area contributed by atoms with E-state index in [2.05, 4.69) is 4.98 Å². The minimum atomic E-state index is -1.08. The molecule has 9 heteroatoms. The van der Waals surface area contributed by atoms with Gasteiger partial charge in [-0.3, -0.25) is 4.79 Å². The molecule has 0 saturated heterocycles. The molecule has 3 aromatic carbocycles. The minimum absolute atomic E-state index is 0.183. The van der Waals surface area contributed by atoms with Crippen LogP contribution in [0.2, 0.25) is 0 Å². The lowest BCUT2D eigenvalue weighted by Gasteiger charge is -2.22. The van der Waals surface area contributed by atoms with Crippen LogP contribution in [-0.4, -0.2) is 24.1 Å². The van der Waals surface area contributed by atoms with E-state index < -0.39 is 29.2 Å². The van der Waals surface area contributed by atoms with Gasteiger partial charge in [0, 0.05) is 6.07 Å². The quantitative estimate of drug-likeness (QED) is 0.366. The van der Waals surface area contributed by atoms with Crippen LogP contribution in [0, 0.1) is 18.6 Å². The van der Waals surface area contributed by atoms with Gasteiger partial charge in [0.1, 0.15) is 29.0 Å². The van der Waals surface area contributed by atoms with Crippen LogP contribution in [0.1, 0.15) is 20.9 Å². The summed E-state index contributed by atoms with van der Waals surface area (Å²) in [6.07, 6.45) is -1.00. The third-order valence-electron chi connectivity index (χ3n) is 4.83. The summed E-state index contributed by atoms with van der Waals surface area (Å²) < 4.78 is 39.0. The topological polar surface area (TPSA) is 68.7 Å². The number of fused-ring (bicyclic) bond motifs is 1. The van der Waals surface area contributed by atoms with E-state index in [1.807, 2.05) is 24.3 Å². The molecule has 4 aromatic rings. The SMILES string of the molecule is COC(=O)N(C(=O)c1ccc(F)cc1F)c1ccc(OCc2nc3ccccc3s2)cc1C. The largest absolute Gasteiger partial charge is 0.486 e. The van der Waals surface area contributed by atoms with Gasteiger partial charge in [-0.15, -0.1) is 11.3 Å². The summed E-state index contributed by atoms with van der Waals surface area (Å²) in [5, 5.41) is 0.802. The van der Waals surface area contributed by atoms with Gasteiger partial charge in [0.15, 0.2) is 0 Å². The number of hydrogen-bond acceptors (Lipinski definition) is 6. The van der Waals surface area contributed by atoms with E-state index in [9.17, 15) is 18.4 Å². The molecule has 6 nitrogen and oxygen atoms in total. The number of carbonyl (C=O) groups excluding carboxylic acids is 2. The molecule has 0 spiro atoms. The maximum absolute atomic E-state index is 14.2. The standard InChI is InChI=1S/C24H18F2N2O4S/c1-14-11-16(32-13-22-27-19-5-3-4-6-21(19)33-22)8-10-20(14)28(24(30)31-2)23(29)17-9-7-15(25)12-18(17)26/h3-12H,13H2,1-2H3. The molecule has 0 saturated carbocycles. The van der Waals surface area contributed by atoms with Gasteiger partial charge >= 0.3 is 6.09 Å². The summed E-state index contributed by atoms with van der Waals surface area (Å²) >= 11 is 1.53. The number of benzene rings is 3. The van der Waals surface area contributed by atoms with Crippen molar-refractivity contribution >= 4 is 39.2 Å². The van der Waals surface area contributed by atoms with Crippen LogP contribution in [-0.2, 0) is 11.3 Å². The van der Waals surface area contributed by atoms with Crippen molar-refractivity contribution in [1.29, 1.82) is 0 Å². The van der Waals surface area contributed by atoms with Gasteiger partial charge in [0.2, 0.25) is 0 Å². The Morgan fingerprint density at radius 1 is 1.06 bits per heavy atom. The first-order chi connectivity index (χ1) is 15.9. The van der Waals surface area contributed by atoms with Gasteiger partial charge in [-0.25, -0.2) is 23.5 Å². The van der Waals surface area contributed by atoms with Crippen molar-refractivity contribution in [3.05, 3.63) is 88.4 Å². The molecule has 0 atom stereocenters. The van der Waals surface area contributed by atoms with Gasteiger partial charge in [-0.05, 0) is 55.0 Å².